The van der Waals surface area contributed by atoms with Crippen molar-refractivity contribution in [2.24, 2.45) is 10.2 Å². The molecular weight excluding hydrogens is 459 g/mol. The van der Waals surface area contributed by atoms with Crippen molar-refractivity contribution < 1.29 is 19.1 Å². The minimum absolute atomic E-state index is 0.0651. The fourth-order valence-corrected chi connectivity index (χ4v) is 2.85. The van der Waals surface area contributed by atoms with Crippen LogP contribution in [0.4, 0.5) is 5.69 Å². The number of rotatable bonds is 6. The Balaban J connectivity index is 2.61. The molecule has 0 N–H and O–H groups in total. The molecule has 0 aromatic heterocycles. The van der Waals surface area contributed by atoms with E-state index in [1.54, 1.807) is 37.3 Å². The number of carbonyl (C=O) groups excluding carboxylic acids is 2. The molecule has 0 heterocycles. The highest BCUT2D eigenvalue weighted by Gasteiger charge is 2.46. The van der Waals surface area contributed by atoms with E-state index in [1.807, 2.05) is 0 Å². The first kappa shape index (κ1) is 21.3. The van der Waals surface area contributed by atoms with Gasteiger partial charge in [0.15, 0.2) is 0 Å². The molecule has 0 radical (unpaired) electrons. The molecule has 1 atom stereocenters. The standard InChI is InChI=1S/C18H15BrCl2N2O4/c1-3-26-17(25)18(27-11(2)24,12-4-6-13(19)7-5-12)23-22-16-9-8-14(20)10-15(16)21/h4-10H,3H2,1-2H3. The van der Waals surface area contributed by atoms with Crippen LogP contribution in [0.5, 0.6) is 0 Å². The number of halogens is 3. The SMILES string of the molecule is CCOC(=O)C(N=Nc1ccc(Cl)cc1Cl)(OC(C)=O)c1ccc(Br)cc1. The Labute approximate surface area is 174 Å². The molecule has 2 rings (SSSR count). The van der Waals surface area contributed by atoms with Gasteiger partial charge in [-0.3, -0.25) is 4.79 Å². The van der Waals surface area contributed by atoms with Crippen molar-refractivity contribution in [3.8, 4) is 0 Å². The lowest BCUT2D eigenvalue weighted by Gasteiger charge is -2.26. The summed E-state index contributed by atoms with van der Waals surface area (Å²) in [5.74, 6) is -1.61. The smallest absolute Gasteiger partial charge is 0.381 e. The third-order valence-electron chi connectivity index (χ3n) is 3.29. The van der Waals surface area contributed by atoms with Gasteiger partial charge in [-0.2, -0.15) is 0 Å². The predicted molar refractivity (Wildman–Crippen MR) is 105 cm³/mol. The average molecular weight is 474 g/mol. The molecule has 6 nitrogen and oxygen atoms in total. The second-order valence-electron chi connectivity index (χ2n) is 5.26. The van der Waals surface area contributed by atoms with Crippen LogP contribution < -0.4 is 0 Å². The van der Waals surface area contributed by atoms with E-state index < -0.39 is 17.7 Å². The highest BCUT2D eigenvalue weighted by molar-refractivity contribution is 9.10. The number of azo groups is 1. The molecule has 0 saturated heterocycles. The molecule has 9 heteroatoms. The summed E-state index contributed by atoms with van der Waals surface area (Å²) in [4.78, 5) is 24.5. The number of hydrogen-bond acceptors (Lipinski definition) is 6. The van der Waals surface area contributed by atoms with E-state index in [2.05, 4.69) is 26.2 Å². The normalized spacial score (nSPS) is 13.2. The summed E-state index contributed by atoms with van der Waals surface area (Å²) in [6.07, 6.45) is 0. The van der Waals surface area contributed by atoms with Gasteiger partial charge in [-0.05, 0) is 37.3 Å². The van der Waals surface area contributed by atoms with Gasteiger partial charge in [0, 0.05) is 22.0 Å². The van der Waals surface area contributed by atoms with Crippen LogP contribution in [0, 0.1) is 0 Å². The van der Waals surface area contributed by atoms with Gasteiger partial charge in [0.1, 0.15) is 5.69 Å². The number of ether oxygens (including phenoxy) is 2. The summed E-state index contributed by atoms with van der Waals surface area (Å²) in [5.41, 5.74) is -1.59. The minimum atomic E-state index is -2.11. The van der Waals surface area contributed by atoms with Crippen LogP contribution in [0.3, 0.4) is 0 Å². The molecule has 142 valence electrons. The summed E-state index contributed by atoms with van der Waals surface area (Å²) in [6.45, 7) is 2.86. The van der Waals surface area contributed by atoms with Gasteiger partial charge in [-0.1, -0.05) is 51.3 Å². The van der Waals surface area contributed by atoms with Gasteiger partial charge >= 0.3 is 17.7 Å². The molecule has 0 amide bonds. The summed E-state index contributed by atoms with van der Waals surface area (Å²) in [5, 5.41) is 8.70. The molecule has 27 heavy (non-hydrogen) atoms. The second kappa shape index (κ2) is 9.30. The van der Waals surface area contributed by atoms with Crippen LogP contribution in [0.2, 0.25) is 10.0 Å². The lowest BCUT2D eigenvalue weighted by atomic mass is 10.0. The first-order chi connectivity index (χ1) is 12.8. The molecule has 0 spiro atoms. The van der Waals surface area contributed by atoms with Crippen molar-refractivity contribution >= 4 is 56.8 Å². The first-order valence-corrected chi connectivity index (χ1v) is 9.34. The zero-order valence-electron chi connectivity index (χ0n) is 14.4. The van der Waals surface area contributed by atoms with E-state index >= 15 is 0 Å². The number of esters is 2. The van der Waals surface area contributed by atoms with Crippen LogP contribution in [-0.2, 0) is 24.8 Å². The molecule has 2 aromatic rings. The lowest BCUT2D eigenvalue weighted by molar-refractivity contribution is -0.183. The van der Waals surface area contributed by atoms with Gasteiger partial charge in [-0.15, -0.1) is 10.2 Å². The summed E-state index contributed by atoms with van der Waals surface area (Å²) in [6, 6.07) is 11.1. The largest absolute Gasteiger partial charge is 0.461 e. The number of carbonyl (C=O) groups is 2. The van der Waals surface area contributed by atoms with Crippen LogP contribution in [0.15, 0.2) is 57.2 Å². The van der Waals surface area contributed by atoms with E-state index in [-0.39, 0.29) is 22.9 Å². The van der Waals surface area contributed by atoms with Crippen molar-refractivity contribution in [2.75, 3.05) is 6.61 Å². The average Bonchev–Trinajstić information content (AvgIpc) is 2.60. The highest BCUT2D eigenvalue weighted by Crippen LogP contribution is 2.35. The topological polar surface area (TPSA) is 77.3 Å². The van der Waals surface area contributed by atoms with Gasteiger partial charge in [-0.25, -0.2) is 4.79 Å². The maximum atomic E-state index is 12.7. The zero-order valence-corrected chi connectivity index (χ0v) is 17.5. The van der Waals surface area contributed by atoms with Gasteiger partial charge in [0.25, 0.3) is 0 Å². The van der Waals surface area contributed by atoms with Crippen molar-refractivity contribution in [3.63, 3.8) is 0 Å². The first-order valence-electron chi connectivity index (χ1n) is 7.79. The Morgan fingerprint density at radius 1 is 1.15 bits per heavy atom. The van der Waals surface area contributed by atoms with Crippen molar-refractivity contribution in [3.05, 3.63) is 62.5 Å². The molecule has 1 unspecified atom stereocenters. The Morgan fingerprint density at radius 3 is 2.37 bits per heavy atom. The summed E-state index contributed by atoms with van der Waals surface area (Å²) in [7, 11) is 0. The van der Waals surface area contributed by atoms with Crippen molar-refractivity contribution in [2.45, 2.75) is 19.6 Å². The lowest BCUT2D eigenvalue weighted by Crippen LogP contribution is -2.39. The van der Waals surface area contributed by atoms with E-state index in [1.165, 1.54) is 12.1 Å². The van der Waals surface area contributed by atoms with Crippen molar-refractivity contribution in [1.29, 1.82) is 0 Å². The van der Waals surface area contributed by atoms with E-state index in [9.17, 15) is 9.59 Å². The van der Waals surface area contributed by atoms with E-state index in [0.717, 1.165) is 11.4 Å². The fourth-order valence-electron chi connectivity index (χ4n) is 2.14. The Morgan fingerprint density at radius 2 is 1.81 bits per heavy atom. The highest BCUT2D eigenvalue weighted by atomic mass is 79.9. The van der Waals surface area contributed by atoms with Gasteiger partial charge in [0.2, 0.25) is 0 Å². The number of benzene rings is 2. The monoisotopic (exact) mass is 472 g/mol. The molecule has 0 aliphatic rings. The number of hydrogen-bond donors (Lipinski definition) is 0. The van der Waals surface area contributed by atoms with Crippen molar-refractivity contribution in [1.82, 2.24) is 0 Å². The zero-order chi connectivity index (χ0) is 20.0. The van der Waals surface area contributed by atoms with Gasteiger partial charge in [0.05, 0.1) is 11.6 Å². The molecule has 0 aliphatic heterocycles. The Hall–Kier alpha value is -1.96. The minimum Gasteiger partial charge on any atom is -0.461 e. The van der Waals surface area contributed by atoms with E-state index in [4.69, 9.17) is 32.7 Å². The predicted octanol–water partition coefficient (Wildman–Crippen LogP) is 5.82. The fraction of sp³-hybridized carbons (Fsp3) is 0.222. The number of nitrogens with zero attached hydrogens (tertiary/aromatic N) is 2. The van der Waals surface area contributed by atoms with Crippen LogP contribution in [0.1, 0.15) is 19.4 Å². The maximum Gasteiger partial charge on any atom is 0.381 e. The molecule has 0 saturated carbocycles. The molecule has 0 fully saturated rings. The second-order valence-corrected chi connectivity index (χ2v) is 7.02. The van der Waals surface area contributed by atoms with Crippen LogP contribution in [-0.4, -0.2) is 18.5 Å². The third-order valence-corrected chi connectivity index (χ3v) is 4.35. The molecular formula is C18H15BrCl2N2O4. The van der Waals surface area contributed by atoms with Gasteiger partial charge < -0.3 is 9.47 Å². The van der Waals surface area contributed by atoms with E-state index in [0.29, 0.717) is 5.02 Å². The quantitative estimate of drug-likeness (QED) is 0.391. The van der Waals surface area contributed by atoms with Crippen LogP contribution >= 0.6 is 39.1 Å². The molecule has 2 aromatic carbocycles. The summed E-state index contributed by atoms with van der Waals surface area (Å²) < 4.78 is 11.2. The maximum absolute atomic E-state index is 12.7. The Bertz CT molecular complexity index is 874. The Kier molecular flexibility index (Phi) is 7.35. The molecule has 0 aliphatic carbocycles. The summed E-state index contributed by atoms with van der Waals surface area (Å²) >= 11 is 15.3. The third kappa shape index (κ3) is 5.28. The van der Waals surface area contributed by atoms with Crippen LogP contribution in [0.25, 0.3) is 0 Å². The molecule has 0 bridgehead atoms.